The van der Waals surface area contributed by atoms with Gasteiger partial charge in [-0.15, -0.1) is 11.3 Å². The van der Waals surface area contributed by atoms with Crippen molar-refractivity contribution in [1.82, 2.24) is 0 Å². The van der Waals surface area contributed by atoms with Crippen LogP contribution in [0.25, 0.3) is 130 Å². The van der Waals surface area contributed by atoms with Crippen LogP contribution in [0.2, 0.25) is 34.5 Å². The molecule has 1 aromatic heterocycles. The van der Waals surface area contributed by atoms with Gasteiger partial charge in [0.15, 0.2) is 0 Å². The number of anilines is 6. The van der Waals surface area contributed by atoms with E-state index in [0.717, 1.165) is 44.9 Å². The number of nitrogens with zero attached hydrogens (tertiary/aromatic N) is 4. The number of benzene rings is 17. The molecule has 105 heavy (non-hydrogen) atoms. The monoisotopic (exact) mass is 1490 g/mol. The van der Waals surface area contributed by atoms with Gasteiger partial charge in [-0.1, -0.05) is 176 Å². The molecule has 0 fully saturated rings. The molecule has 0 saturated carbocycles. The largest absolute Gasteiger partial charge is 0.135 e. The summed E-state index contributed by atoms with van der Waals surface area (Å²) in [4.78, 5) is 7.27. The Morgan fingerprint density at radius 2 is 0.705 bits per heavy atom. The summed E-state index contributed by atoms with van der Waals surface area (Å²) in [7, 11) is 0. The molecular weight excluding hydrogens is 1410 g/mol. The fourth-order valence-corrected chi connectivity index (χ4v) is 21.6. The van der Waals surface area contributed by atoms with E-state index in [2.05, 4.69) is 372 Å². The van der Waals surface area contributed by atoms with Gasteiger partial charge in [0.1, 0.15) is 0 Å². The van der Waals surface area contributed by atoms with Crippen LogP contribution < -0.4 is 18.6 Å². The summed E-state index contributed by atoms with van der Waals surface area (Å²) in [6.45, 7) is 0. The summed E-state index contributed by atoms with van der Waals surface area (Å²) in [6, 6.07) is 128. The zero-order valence-electron chi connectivity index (χ0n) is 59.5. The average molecular weight is 1480 g/mol. The van der Waals surface area contributed by atoms with Crippen LogP contribution in [0.5, 0.6) is 0 Å². The molecule has 0 amide bonds. The topological polar surface area (TPSA) is 54.1 Å². The van der Waals surface area contributed by atoms with Crippen molar-refractivity contribution in [2.24, 2.45) is 0 Å². The molecule has 0 bridgehead atoms. The standard InChI is InChI=1S/C50H32S.C48H42Ge2N4/c1-2-15-34(16-3-1)47-30-31-48(51-47)36-19-12-18-35(32-36)38-28-29-46(40-22-7-6-21-39(38)40)50-44-25-10-8-23-42(44)49(43-24-9-11-26-45(43)50)41-27-13-17-33-14-4-5-20-37(33)41;1-49(2,3)37-19-25-41(26-20-37)53(39-21-13-33(31-51)14-22-39)45-28-18-36-29-46(43-12-7-9-35-17-27-44(45)48(36)47(35)43)54(40-23-15-34(32-52)16-24-40)42-11-8-10-38(30-42)50(4,5)6/h1-32H;7-30H,1-6H3. The maximum atomic E-state index is 9.65. The second-order valence-corrected chi connectivity index (χ2v) is 51.8. The van der Waals surface area contributed by atoms with E-state index in [1.54, 1.807) is 0 Å². The van der Waals surface area contributed by atoms with Crippen molar-refractivity contribution in [3.05, 3.63) is 351 Å². The molecule has 7 heteroatoms. The molecule has 18 aromatic rings. The van der Waals surface area contributed by atoms with E-state index in [9.17, 15) is 10.5 Å². The smallest absolute Gasteiger partial charge is 0.0349 e. The molecule has 500 valence electrons. The van der Waals surface area contributed by atoms with Crippen LogP contribution in [0.4, 0.5) is 34.1 Å². The quantitative estimate of drug-likeness (QED) is 0.0656. The van der Waals surface area contributed by atoms with Crippen LogP contribution in [0, 0.1) is 22.7 Å². The van der Waals surface area contributed by atoms with Crippen LogP contribution in [0.1, 0.15) is 11.1 Å². The third kappa shape index (κ3) is 12.4. The summed E-state index contributed by atoms with van der Waals surface area (Å²) in [5.74, 6) is 14.6. The molecule has 0 aliphatic carbocycles. The molecule has 4 nitrogen and oxygen atoms in total. The number of nitriles is 2. The Kier molecular flexibility index (Phi) is 17.3. The SMILES string of the molecule is [CH3][Ge]([CH3])([CH3])[c]1ccc(N(c2ccc(C#N)cc2)c2ccc3cc(N(c4ccc(C#N)cc4)c4ccc[c]([Ge]([CH3])([CH3])[CH3])c4)c4cccc5ccc2c3c54)cc1.c1ccc(-c2ccc(-c3cccc(-c4ccc(-c5c6ccccc6c(-c6cccc7ccccc67)c6ccccc56)c5ccccc45)c3)s2)cc1. The van der Waals surface area contributed by atoms with Crippen molar-refractivity contribution < 1.29 is 0 Å². The first-order chi connectivity index (χ1) is 51.3. The van der Waals surface area contributed by atoms with Gasteiger partial charge < -0.3 is 0 Å². The first-order valence-electron chi connectivity index (χ1n) is 36.0. The predicted octanol–water partition coefficient (Wildman–Crippen LogP) is 27.1. The second-order valence-electron chi connectivity index (χ2n) is 29.4. The Morgan fingerprint density at radius 3 is 1.32 bits per heavy atom. The molecule has 1 heterocycles. The van der Waals surface area contributed by atoms with E-state index in [0.29, 0.717) is 11.1 Å². The van der Waals surface area contributed by atoms with Gasteiger partial charge in [0.25, 0.3) is 0 Å². The van der Waals surface area contributed by atoms with Crippen molar-refractivity contribution in [2.45, 2.75) is 34.5 Å². The Hall–Kier alpha value is -11.8. The summed E-state index contributed by atoms with van der Waals surface area (Å²) in [6.07, 6.45) is 0. The summed E-state index contributed by atoms with van der Waals surface area (Å²) < 4.78 is 2.90. The number of rotatable bonds is 13. The molecule has 0 spiro atoms. The maximum absolute atomic E-state index is 9.65. The van der Waals surface area contributed by atoms with Gasteiger partial charge in [-0.2, -0.15) is 0 Å². The van der Waals surface area contributed by atoms with Gasteiger partial charge in [-0.25, -0.2) is 0 Å². The Morgan fingerprint density at radius 1 is 0.267 bits per heavy atom. The van der Waals surface area contributed by atoms with Gasteiger partial charge in [-0.3, -0.25) is 0 Å². The van der Waals surface area contributed by atoms with Crippen LogP contribution >= 0.6 is 11.3 Å². The average Bonchev–Trinajstić information content (AvgIpc) is 1.17. The van der Waals surface area contributed by atoms with Crippen molar-refractivity contribution >= 4 is 156 Å². The molecule has 18 rings (SSSR count). The normalized spacial score (nSPS) is 11.7. The Labute approximate surface area is 623 Å². The number of fused-ring (bicyclic) bond motifs is 4. The third-order valence-electron chi connectivity index (χ3n) is 20.9. The van der Waals surface area contributed by atoms with Crippen molar-refractivity contribution in [1.29, 1.82) is 10.5 Å². The van der Waals surface area contributed by atoms with Crippen LogP contribution in [0.3, 0.4) is 0 Å². The fraction of sp³-hybridized carbons (Fsp3) is 0.0612. The van der Waals surface area contributed by atoms with Crippen LogP contribution in [-0.4, -0.2) is 26.5 Å². The molecular formula is C98H74Ge2N4S. The van der Waals surface area contributed by atoms with Crippen molar-refractivity contribution in [2.75, 3.05) is 9.80 Å². The van der Waals surface area contributed by atoms with E-state index < -0.39 is 26.5 Å². The van der Waals surface area contributed by atoms with E-state index in [4.69, 9.17) is 0 Å². The third-order valence-corrected chi connectivity index (χ3v) is 30.7. The Balaban J connectivity index is 0.000000155. The molecule has 0 aliphatic heterocycles. The molecule has 0 N–H and O–H groups in total. The van der Waals surface area contributed by atoms with Gasteiger partial charge in [0.05, 0.1) is 0 Å². The zero-order valence-corrected chi connectivity index (χ0v) is 64.5. The molecule has 0 unspecified atom stereocenters. The van der Waals surface area contributed by atoms with Gasteiger partial charge in [0.2, 0.25) is 0 Å². The first kappa shape index (κ1) is 66.4. The number of thiophene rings is 1. The molecule has 0 radical (unpaired) electrons. The minimum absolute atomic E-state index is 0.640. The fourth-order valence-electron chi connectivity index (χ4n) is 15.6. The van der Waals surface area contributed by atoms with Crippen molar-refractivity contribution in [3.63, 3.8) is 0 Å². The van der Waals surface area contributed by atoms with Crippen LogP contribution in [0.15, 0.2) is 340 Å². The molecule has 17 aromatic carbocycles. The summed E-state index contributed by atoms with van der Waals surface area (Å²) in [5.41, 5.74) is 17.8. The van der Waals surface area contributed by atoms with E-state index >= 15 is 0 Å². The minimum Gasteiger partial charge on any atom is -0.135 e. The van der Waals surface area contributed by atoms with E-state index in [1.165, 1.54) is 128 Å². The van der Waals surface area contributed by atoms with E-state index in [-0.39, 0.29) is 0 Å². The summed E-state index contributed by atoms with van der Waals surface area (Å²) in [5, 5.41) is 36.5. The number of hydrogen-bond acceptors (Lipinski definition) is 5. The van der Waals surface area contributed by atoms with Crippen LogP contribution in [-0.2, 0) is 0 Å². The first-order valence-corrected chi connectivity index (χ1v) is 51.5. The van der Waals surface area contributed by atoms with Gasteiger partial charge in [0, 0.05) is 9.75 Å². The Bertz CT molecular complexity index is 6390. The number of hydrogen-bond donors (Lipinski definition) is 0. The van der Waals surface area contributed by atoms with Crippen molar-refractivity contribution in [3.8, 4) is 66.4 Å². The second kappa shape index (κ2) is 27.4. The van der Waals surface area contributed by atoms with Gasteiger partial charge in [-0.05, 0) is 106 Å². The predicted molar refractivity (Wildman–Crippen MR) is 456 cm³/mol. The van der Waals surface area contributed by atoms with E-state index in [1.807, 2.05) is 35.6 Å². The maximum Gasteiger partial charge on any atom is 0.0349 e. The van der Waals surface area contributed by atoms with Gasteiger partial charge >= 0.3 is 325 Å². The molecule has 0 saturated heterocycles. The summed E-state index contributed by atoms with van der Waals surface area (Å²) >= 11 is -2.37. The molecule has 0 atom stereocenters. The molecule has 0 aliphatic rings. The minimum atomic E-state index is -2.18. The zero-order chi connectivity index (χ0) is 71.5.